The smallest absolute Gasteiger partial charge is 0.262 e. The Morgan fingerprint density at radius 1 is 1.44 bits per heavy atom. The van der Waals surface area contributed by atoms with Crippen LogP contribution < -0.4 is 5.32 Å². The highest BCUT2D eigenvalue weighted by molar-refractivity contribution is 7.74. The molecule has 1 aliphatic rings. The normalized spacial score (nSPS) is 17.8. The lowest BCUT2D eigenvalue weighted by molar-refractivity contribution is -0.113. The fourth-order valence-electron chi connectivity index (χ4n) is 0.661. The third-order valence-corrected chi connectivity index (χ3v) is 1.88. The van der Waals surface area contributed by atoms with Gasteiger partial charge in [-0.1, -0.05) is 0 Å². The molecule has 1 amide bonds. The Kier molecular flexibility index (Phi) is 1.52. The van der Waals surface area contributed by atoms with E-state index in [0.29, 0.717) is 13.0 Å². The van der Waals surface area contributed by atoms with Crippen LogP contribution in [0, 0.1) is 0 Å². The Bertz CT molecular complexity index is 256. The number of nitrogens with one attached hydrogen (secondary N) is 1. The largest absolute Gasteiger partial charge is 0.351 e. The first-order valence-electron chi connectivity index (χ1n) is 2.45. The van der Waals surface area contributed by atoms with Crippen molar-refractivity contribution in [2.24, 2.45) is 0 Å². The molecule has 1 N–H and O–H groups in total. The average molecular weight is 147 g/mol. The number of rotatable bonds is 0. The van der Waals surface area contributed by atoms with Gasteiger partial charge in [0.15, 0.2) is 0 Å². The van der Waals surface area contributed by atoms with Gasteiger partial charge in [-0.3, -0.25) is 4.79 Å². The number of carbonyl (C=O) groups excluding carboxylic acids is 1. The molecule has 0 saturated carbocycles. The molecule has 9 heavy (non-hydrogen) atoms. The van der Waals surface area contributed by atoms with Crippen molar-refractivity contribution >= 4 is 21.1 Å². The van der Waals surface area contributed by atoms with Crippen molar-refractivity contribution in [1.29, 1.82) is 0 Å². The van der Waals surface area contributed by atoms with Crippen LogP contribution in [0.5, 0.6) is 0 Å². The van der Waals surface area contributed by atoms with E-state index in [1.54, 1.807) is 0 Å². The fourth-order valence-corrected chi connectivity index (χ4v) is 1.15. The van der Waals surface area contributed by atoms with E-state index in [-0.39, 0.29) is 4.86 Å². The molecule has 4 nitrogen and oxygen atoms in total. The summed E-state index contributed by atoms with van der Waals surface area (Å²) in [6, 6.07) is 0. The van der Waals surface area contributed by atoms with Gasteiger partial charge in [0.05, 0.1) is 0 Å². The summed E-state index contributed by atoms with van der Waals surface area (Å²) >= 11 is 0. The third kappa shape index (κ3) is 1.10. The van der Waals surface area contributed by atoms with Crippen LogP contribution in [0.25, 0.3) is 0 Å². The second-order valence-electron chi connectivity index (χ2n) is 1.66. The highest BCUT2D eigenvalue weighted by Crippen LogP contribution is 1.91. The summed E-state index contributed by atoms with van der Waals surface area (Å²) in [5.41, 5.74) is 0. The molecule has 1 heterocycles. The summed E-state index contributed by atoms with van der Waals surface area (Å²) in [7, 11) is -2.32. The standard InChI is InChI=1S/C4H5NO3S/c6-4-3(9(7)8)1-2-5-4/h1-2H2,(H,5,6). The van der Waals surface area contributed by atoms with Crippen LogP contribution in [0.4, 0.5) is 0 Å². The van der Waals surface area contributed by atoms with Crippen molar-refractivity contribution < 1.29 is 13.2 Å². The van der Waals surface area contributed by atoms with E-state index >= 15 is 0 Å². The SMILES string of the molecule is O=C1NCCC1=S(=O)=O. The lowest BCUT2D eigenvalue weighted by Gasteiger charge is -1.80. The van der Waals surface area contributed by atoms with Gasteiger partial charge in [0, 0.05) is 13.0 Å². The van der Waals surface area contributed by atoms with Crippen LogP contribution in [0.3, 0.4) is 0 Å². The molecule has 0 aliphatic carbocycles. The Morgan fingerprint density at radius 2 is 2.11 bits per heavy atom. The molecule has 1 rings (SSSR count). The summed E-state index contributed by atoms with van der Waals surface area (Å²) in [5, 5.41) is 2.38. The van der Waals surface area contributed by atoms with Crippen LogP contribution in [0.2, 0.25) is 0 Å². The van der Waals surface area contributed by atoms with Crippen molar-refractivity contribution in [3.05, 3.63) is 0 Å². The monoisotopic (exact) mass is 147 g/mol. The number of carbonyl (C=O) groups is 1. The molecule has 0 aromatic heterocycles. The average Bonchev–Trinajstić information content (AvgIpc) is 2.13. The lowest BCUT2D eigenvalue weighted by Crippen LogP contribution is -2.19. The number of hydrogen-bond donors (Lipinski definition) is 1. The van der Waals surface area contributed by atoms with Gasteiger partial charge in [-0.2, -0.15) is 8.42 Å². The molecule has 1 fully saturated rings. The summed E-state index contributed by atoms with van der Waals surface area (Å²) in [5.74, 6) is -0.455. The van der Waals surface area contributed by atoms with Gasteiger partial charge in [-0.25, -0.2) is 0 Å². The molecule has 0 atom stereocenters. The second-order valence-corrected chi connectivity index (χ2v) is 2.63. The van der Waals surface area contributed by atoms with E-state index in [1.807, 2.05) is 0 Å². The van der Waals surface area contributed by atoms with Crippen LogP contribution in [-0.4, -0.2) is 25.7 Å². The van der Waals surface area contributed by atoms with Gasteiger partial charge in [0.25, 0.3) is 5.91 Å². The highest BCUT2D eigenvalue weighted by Gasteiger charge is 2.18. The van der Waals surface area contributed by atoms with Crippen LogP contribution in [-0.2, 0) is 15.1 Å². The van der Waals surface area contributed by atoms with Crippen molar-refractivity contribution in [2.75, 3.05) is 6.54 Å². The fraction of sp³-hybridized carbons (Fsp3) is 0.500. The topological polar surface area (TPSA) is 63.2 Å². The van der Waals surface area contributed by atoms with E-state index in [2.05, 4.69) is 5.32 Å². The molecular weight excluding hydrogens is 142 g/mol. The predicted octanol–water partition coefficient (Wildman–Crippen LogP) is -1.44. The van der Waals surface area contributed by atoms with E-state index in [0.717, 1.165) is 0 Å². The van der Waals surface area contributed by atoms with Gasteiger partial charge in [0.1, 0.15) is 4.86 Å². The summed E-state index contributed by atoms with van der Waals surface area (Å²) < 4.78 is 20.2. The summed E-state index contributed by atoms with van der Waals surface area (Å²) in [6.07, 6.45) is 0.328. The maximum Gasteiger partial charge on any atom is 0.262 e. The first-order valence-corrected chi connectivity index (χ1v) is 3.52. The van der Waals surface area contributed by atoms with E-state index in [9.17, 15) is 13.2 Å². The number of amides is 1. The molecule has 0 aromatic carbocycles. The molecular formula is C4H5NO3S. The van der Waals surface area contributed by atoms with Crippen molar-refractivity contribution in [2.45, 2.75) is 6.42 Å². The first-order chi connectivity index (χ1) is 4.22. The molecule has 0 aromatic rings. The Morgan fingerprint density at radius 3 is 2.33 bits per heavy atom. The minimum atomic E-state index is -2.32. The maximum absolute atomic E-state index is 10.5. The second kappa shape index (κ2) is 2.18. The summed E-state index contributed by atoms with van der Waals surface area (Å²) in [4.78, 5) is 10.4. The molecule has 0 spiro atoms. The van der Waals surface area contributed by atoms with Crippen LogP contribution in [0.15, 0.2) is 0 Å². The van der Waals surface area contributed by atoms with Gasteiger partial charge >= 0.3 is 0 Å². The predicted molar refractivity (Wildman–Crippen MR) is 31.6 cm³/mol. The molecule has 5 heteroatoms. The Balaban J connectivity index is 3.12. The minimum Gasteiger partial charge on any atom is -0.351 e. The molecule has 50 valence electrons. The van der Waals surface area contributed by atoms with Crippen LogP contribution in [0.1, 0.15) is 6.42 Å². The molecule has 0 unspecified atom stereocenters. The quantitative estimate of drug-likeness (QED) is 0.427. The summed E-state index contributed by atoms with van der Waals surface area (Å²) in [6.45, 7) is 0.447. The lowest BCUT2D eigenvalue weighted by atomic mass is 10.4. The minimum absolute atomic E-state index is 0.0324. The van der Waals surface area contributed by atoms with Gasteiger partial charge < -0.3 is 5.32 Å². The third-order valence-electron chi connectivity index (χ3n) is 1.09. The van der Waals surface area contributed by atoms with Gasteiger partial charge in [-0.15, -0.1) is 0 Å². The van der Waals surface area contributed by atoms with Crippen LogP contribution >= 0.6 is 0 Å². The van der Waals surface area contributed by atoms with Crippen molar-refractivity contribution in [1.82, 2.24) is 5.32 Å². The number of hydrogen-bond acceptors (Lipinski definition) is 3. The molecule has 1 aliphatic heterocycles. The molecule has 0 bridgehead atoms. The maximum atomic E-state index is 10.5. The molecule has 1 saturated heterocycles. The van der Waals surface area contributed by atoms with Crippen molar-refractivity contribution in [3.8, 4) is 0 Å². The zero-order valence-electron chi connectivity index (χ0n) is 4.55. The van der Waals surface area contributed by atoms with Crippen molar-refractivity contribution in [3.63, 3.8) is 0 Å². The first kappa shape index (κ1) is 6.28. The molecule has 0 radical (unpaired) electrons. The van der Waals surface area contributed by atoms with E-state index < -0.39 is 16.2 Å². The van der Waals surface area contributed by atoms with Gasteiger partial charge in [-0.05, 0) is 0 Å². The zero-order chi connectivity index (χ0) is 6.85. The Hall–Kier alpha value is -0.840. The van der Waals surface area contributed by atoms with E-state index in [4.69, 9.17) is 0 Å². The Labute approximate surface area is 53.4 Å². The highest BCUT2D eigenvalue weighted by atomic mass is 32.2. The van der Waals surface area contributed by atoms with Gasteiger partial charge in [0.2, 0.25) is 10.3 Å². The zero-order valence-corrected chi connectivity index (χ0v) is 5.36. The van der Waals surface area contributed by atoms with E-state index in [1.165, 1.54) is 0 Å².